The zero-order valence-corrected chi connectivity index (χ0v) is 7.64. The topological polar surface area (TPSA) is 86.4 Å². The summed E-state index contributed by atoms with van der Waals surface area (Å²) in [5.41, 5.74) is -0.458. The summed E-state index contributed by atoms with van der Waals surface area (Å²) in [6.45, 7) is 0. The maximum Gasteiger partial charge on any atom is 0.349 e. The summed E-state index contributed by atoms with van der Waals surface area (Å²) in [6, 6.07) is 2.55. The van der Waals surface area contributed by atoms with Crippen LogP contribution in [0.25, 0.3) is 0 Å². The number of hydrogen-bond acceptors (Lipinski definition) is 4. The minimum Gasteiger partial charge on any atom is -0.477 e. The Balaban J connectivity index is 2.55. The molecule has 0 fully saturated rings. The largest absolute Gasteiger partial charge is 0.477 e. The van der Waals surface area contributed by atoms with Gasteiger partial charge in [-0.1, -0.05) is 0 Å². The first-order valence-corrected chi connectivity index (χ1v) is 4.04. The molecule has 0 saturated heterocycles. The Kier molecular flexibility index (Phi) is 3.61. The number of hydrogen-bond donors (Lipinski definition) is 2. The molecule has 0 saturated carbocycles. The predicted octanol–water partition coefficient (Wildman–Crippen LogP) is 1.42. The molecular weight excluding hydrogens is 201 g/mol. The average molecular weight is 209 g/mol. The molecule has 1 heterocycles. The lowest BCUT2D eigenvalue weighted by atomic mass is 10.3. The zero-order valence-electron chi connectivity index (χ0n) is 7.64. The molecule has 0 radical (unpaired) electrons. The molecule has 0 aliphatic rings. The number of rotatable bonds is 4. The van der Waals surface area contributed by atoms with Gasteiger partial charge in [0.25, 0.3) is 0 Å². The van der Waals surface area contributed by atoms with Crippen molar-refractivity contribution in [3.8, 4) is 0 Å². The number of aromatic nitrogens is 1. The van der Waals surface area contributed by atoms with E-state index in [9.17, 15) is 9.18 Å². The Morgan fingerprint density at radius 2 is 2.40 bits per heavy atom. The van der Waals surface area contributed by atoms with E-state index >= 15 is 0 Å². The summed E-state index contributed by atoms with van der Waals surface area (Å²) in [7, 11) is 0. The number of nitrogens with zero attached hydrogens (tertiary/aromatic N) is 2. The quantitative estimate of drug-likeness (QED) is 0.735. The smallest absolute Gasteiger partial charge is 0.349 e. The molecule has 78 valence electrons. The average Bonchev–Trinajstić information content (AvgIpc) is 2.20. The van der Waals surface area contributed by atoms with E-state index in [1.54, 1.807) is 0 Å². The van der Waals surface area contributed by atoms with Crippen molar-refractivity contribution in [1.29, 1.82) is 5.41 Å². The third-order valence-corrected chi connectivity index (χ3v) is 1.49. The van der Waals surface area contributed by atoms with Crippen LogP contribution in [0.2, 0.25) is 0 Å². The fourth-order valence-corrected chi connectivity index (χ4v) is 0.762. The lowest BCUT2D eigenvalue weighted by Crippen LogP contribution is -2.11. The minimum atomic E-state index is -1.28. The van der Waals surface area contributed by atoms with Crippen molar-refractivity contribution < 1.29 is 14.3 Å². The lowest BCUT2D eigenvalue weighted by molar-refractivity contribution is -0.129. The summed E-state index contributed by atoms with van der Waals surface area (Å²) >= 11 is 0. The highest BCUT2D eigenvalue weighted by molar-refractivity contribution is 6.36. The van der Waals surface area contributed by atoms with Gasteiger partial charge in [0.2, 0.25) is 0 Å². The first-order chi connectivity index (χ1) is 7.09. The van der Waals surface area contributed by atoms with Gasteiger partial charge >= 0.3 is 5.97 Å². The second-order valence-corrected chi connectivity index (χ2v) is 2.63. The van der Waals surface area contributed by atoms with Gasteiger partial charge < -0.3 is 5.11 Å². The number of carboxylic acids is 1. The normalized spacial score (nSPS) is 10.5. The van der Waals surface area contributed by atoms with E-state index in [-0.39, 0.29) is 12.2 Å². The zero-order chi connectivity index (χ0) is 11.3. The van der Waals surface area contributed by atoms with E-state index < -0.39 is 17.5 Å². The number of pyridine rings is 1. The van der Waals surface area contributed by atoms with Crippen LogP contribution in [-0.4, -0.2) is 28.0 Å². The Morgan fingerprint density at radius 1 is 1.67 bits per heavy atom. The van der Waals surface area contributed by atoms with Crippen molar-refractivity contribution in [3.63, 3.8) is 0 Å². The second kappa shape index (κ2) is 4.94. The fraction of sp³-hybridized carbons (Fsp3) is 0.111. The van der Waals surface area contributed by atoms with Crippen LogP contribution in [0.1, 0.15) is 6.42 Å². The van der Waals surface area contributed by atoms with E-state index in [0.29, 0.717) is 0 Å². The van der Waals surface area contributed by atoms with E-state index in [0.717, 1.165) is 6.20 Å². The first kappa shape index (κ1) is 11.0. The maximum absolute atomic E-state index is 12.4. The highest BCUT2D eigenvalue weighted by Crippen LogP contribution is 2.06. The van der Waals surface area contributed by atoms with Gasteiger partial charge in [-0.2, -0.15) is 0 Å². The molecule has 0 aliphatic carbocycles. The van der Waals surface area contributed by atoms with Gasteiger partial charge in [-0.25, -0.2) is 19.2 Å². The molecule has 2 N–H and O–H groups in total. The molecule has 0 spiro atoms. The molecule has 0 atom stereocenters. The van der Waals surface area contributed by atoms with Gasteiger partial charge in [0, 0.05) is 12.6 Å². The SMILES string of the molecule is N=C(CC=Nc1ccc(F)cn1)C(=O)O. The number of carbonyl (C=O) groups is 1. The van der Waals surface area contributed by atoms with Gasteiger partial charge in [0.05, 0.1) is 6.20 Å². The summed E-state index contributed by atoms with van der Waals surface area (Å²) < 4.78 is 12.4. The van der Waals surface area contributed by atoms with Crippen LogP contribution in [0.4, 0.5) is 10.2 Å². The summed E-state index contributed by atoms with van der Waals surface area (Å²) in [5.74, 6) is -1.48. The number of halogens is 1. The van der Waals surface area contributed by atoms with Crippen LogP contribution in [0.15, 0.2) is 23.3 Å². The van der Waals surface area contributed by atoms with Gasteiger partial charge in [0.15, 0.2) is 5.82 Å². The monoisotopic (exact) mass is 209 g/mol. The van der Waals surface area contributed by atoms with Gasteiger partial charge in [0.1, 0.15) is 11.5 Å². The van der Waals surface area contributed by atoms with E-state index in [1.165, 1.54) is 18.3 Å². The van der Waals surface area contributed by atoms with Gasteiger partial charge in [-0.15, -0.1) is 0 Å². The summed E-state index contributed by atoms with van der Waals surface area (Å²) in [4.78, 5) is 17.6. The van der Waals surface area contributed by atoms with Crippen LogP contribution in [0.3, 0.4) is 0 Å². The van der Waals surface area contributed by atoms with Gasteiger partial charge in [-0.3, -0.25) is 5.41 Å². The van der Waals surface area contributed by atoms with Crippen LogP contribution in [-0.2, 0) is 4.79 Å². The van der Waals surface area contributed by atoms with E-state index in [1.807, 2.05) is 0 Å². The van der Waals surface area contributed by atoms with E-state index in [4.69, 9.17) is 10.5 Å². The summed E-state index contributed by atoms with van der Waals surface area (Å²) in [5, 5.41) is 15.3. The number of aliphatic imine (C=N–C) groups is 1. The molecule has 1 aromatic heterocycles. The molecule has 15 heavy (non-hydrogen) atoms. The minimum absolute atomic E-state index is 0.0889. The Labute approximate surface area is 84.8 Å². The standard InChI is InChI=1S/C9H8FN3O2/c10-6-1-2-8(13-5-6)12-4-3-7(11)9(14)15/h1-2,4-5,11H,3H2,(H,14,15). The number of nitrogens with one attached hydrogen (secondary N) is 1. The van der Waals surface area contributed by atoms with Crippen molar-refractivity contribution in [2.45, 2.75) is 6.42 Å². The number of aliphatic carboxylic acids is 1. The van der Waals surface area contributed by atoms with Crippen molar-refractivity contribution >= 4 is 23.7 Å². The third kappa shape index (κ3) is 3.63. The Bertz CT molecular complexity index is 400. The van der Waals surface area contributed by atoms with Crippen molar-refractivity contribution in [3.05, 3.63) is 24.1 Å². The van der Waals surface area contributed by atoms with Crippen LogP contribution in [0.5, 0.6) is 0 Å². The molecule has 0 aromatic carbocycles. The number of carboxylic acid groups (broad SMARTS) is 1. The molecule has 0 unspecified atom stereocenters. The van der Waals surface area contributed by atoms with Crippen molar-refractivity contribution in [2.24, 2.45) is 4.99 Å². The molecule has 0 aliphatic heterocycles. The van der Waals surface area contributed by atoms with Crippen molar-refractivity contribution in [1.82, 2.24) is 4.98 Å². The molecule has 0 bridgehead atoms. The highest BCUT2D eigenvalue weighted by Gasteiger charge is 2.03. The molecule has 1 rings (SSSR count). The molecule has 5 nitrogen and oxygen atoms in total. The van der Waals surface area contributed by atoms with Crippen molar-refractivity contribution in [2.75, 3.05) is 0 Å². The van der Waals surface area contributed by atoms with Gasteiger partial charge in [-0.05, 0) is 12.1 Å². The highest BCUT2D eigenvalue weighted by atomic mass is 19.1. The molecule has 0 amide bonds. The fourth-order valence-electron chi connectivity index (χ4n) is 0.762. The molecule has 1 aromatic rings. The predicted molar refractivity (Wildman–Crippen MR) is 52.3 cm³/mol. The Morgan fingerprint density at radius 3 is 2.93 bits per heavy atom. The van der Waals surface area contributed by atoms with E-state index in [2.05, 4.69) is 9.98 Å². The van der Waals surface area contributed by atoms with Crippen LogP contribution in [0, 0.1) is 11.2 Å². The maximum atomic E-state index is 12.4. The third-order valence-electron chi connectivity index (χ3n) is 1.49. The van der Waals surface area contributed by atoms with Crippen LogP contribution < -0.4 is 0 Å². The van der Waals surface area contributed by atoms with Crippen LogP contribution >= 0.6 is 0 Å². The second-order valence-electron chi connectivity index (χ2n) is 2.63. The molecular formula is C9H8FN3O2. The summed E-state index contributed by atoms with van der Waals surface area (Å²) in [6.07, 6.45) is 2.17. The Hall–Kier alpha value is -2.11. The molecule has 6 heteroatoms. The first-order valence-electron chi connectivity index (χ1n) is 4.04. The lowest BCUT2D eigenvalue weighted by Gasteiger charge is -1.92.